The third-order valence-corrected chi connectivity index (χ3v) is 3.77. The van der Waals surface area contributed by atoms with Crippen molar-refractivity contribution in [2.75, 3.05) is 6.61 Å². The molecule has 2 aromatic rings. The van der Waals surface area contributed by atoms with Crippen molar-refractivity contribution in [1.29, 1.82) is 0 Å². The molecule has 1 fully saturated rings. The average Bonchev–Trinajstić information content (AvgIpc) is 3.00. The van der Waals surface area contributed by atoms with Crippen LogP contribution in [0.4, 0.5) is 0 Å². The molecule has 0 radical (unpaired) electrons. The Bertz CT molecular complexity index is 716. The minimum Gasteiger partial charge on any atom is -0.422 e. The SMILES string of the molecule is C[C@H](NC(=O)c1cc2ccccc2oc1=O)[C@H]1CCCO1. The molecular weight excluding hydrogens is 270 g/mol. The molecule has 1 aromatic carbocycles. The fourth-order valence-corrected chi connectivity index (χ4v) is 2.59. The first-order chi connectivity index (χ1) is 10.1. The van der Waals surface area contributed by atoms with Gasteiger partial charge in [-0.05, 0) is 31.9 Å². The van der Waals surface area contributed by atoms with Gasteiger partial charge in [-0.1, -0.05) is 18.2 Å². The molecule has 110 valence electrons. The van der Waals surface area contributed by atoms with Crippen LogP contribution < -0.4 is 10.9 Å². The highest BCUT2D eigenvalue weighted by atomic mass is 16.5. The number of benzene rings is 1. The summed E-state index contributed by atoms with van der Waals surface area (Å²) in [6, 6.07) is 8.56. The number of para-hydroxylation sites is 1. The lowest BCUT2D eigenvalue weighted by molar-refractivity contribution is 0.0710. The highest BCUT2D eigenvalue weighted by Crippen LogP contribution is 2.16. The number of carbonyl (C=O) groups is 1. The number of carbonyl (C=O) groups excluding carboxylic acids is 1. The smallest absolute Gasteiger partial charge is 0.349 e. The van der Waals surface area contributed by atoms with Crippen molar-refractivity contribution in [2.45, 2.75) is 31.9 Å². The Morgan fingerprint density at radius 1 is 1.38 bits per heavy atom. The Morgan fingerprint density at radius 2 is 2.19 bits per heavy atom. The molecule has 1 aliphatic rings. The maximum absolute atomic E-state index is 12.2. The zero-order valence-electron chi connectivity index (χ0n) is 11.8. The van der Waals surface area contributed by atoms with E-state index < -0.39 is 11.5 Å². The second-order valence-corrected chi connectivity index (χ2v) is 5.30. The third kappa shape index (κ3) is 2.83. The van der Waals surface area contributed by atoms with E-state index in [1.54, 1.807) is 24.3 Å². The monoisotopic (exact) mass is 287 g/mol. The number of ether oxygens (including phenoxy) is 1. The van der Waals surface area contributed by atoms with Crippen molar-refractivity contribution in [3.05, 3.63) is 46.3 Å². The van der Waals surface area contributed by atoms with E-state index >= 15 is 0 Å². The van der Waals surface area contributed by atoms with E-state index in [0.717, 1.165) is 24.8 Å². The highest BCUT2D eigenvalue weighted by molar-refractivity contribution is 5.96. The Hall–Kier alpha value is -2.14. The summed E-state index contributed by atoms with van der Waals surface area (Å²) in [5.74, 6) is -0.419. The maximum Gasteiger partial charge on any atom is 0.349 e. The molecule has 0 spiro atoms. The van der Waals surface area contributed by atoms with Gasteiger partial charge < -0.3 is 14.5 Å². The topological polar surface area (TPSA) is 68.5 Å². The molecule has 21 heavy (non-hydrogen) atoms. The van der Waals surface area contributed by atoms with Crippen molar-refractivity contribution in [3.63, 3.8) is 0 Å². The van der Waals surface area contributed by atoms with Crippen LogP contribution in [0.2, 0.25) is 0 Å². The van der Waals surface area contributed by atoms with Crippen LogP contribution in [0.5, 0.6) is 0 Å². The summed E-state index contributed by atoms with van der Waals surface area (Å²) in [5.41, 5.74) is -0.115. The van der Waals surface area contributed by atoms with Gasteiger partial charge in [0.2, 0.25) is 0 Å². The first kappa shape index (κ1) is 13.8. The lowest BCUT2D eigenvalue weighted by atomic mass is 10.1. The van der Waals surface area contributed by atoms with Gasteiger partial charge in [-0.25, -0.2) is 4.79 Å². The van der Waals surface area contributed by atoms with Crippen molar-refractivity contribution in [2.24, 2.45) is 0 Å². The molecule has 1 N–H and O–H groups in total. The van der Waals surface area contributed by atoms with E-state index in [0.29, 0.717) is 5.58 Å². The van der Waals surface area contributed by atoms with Crippen LogP contribution in [0.25, 0.3) is 11.0 Å². The molecule has 0 unspecified atom stereocenters. The lowest BCUT2D eigenvalue weighted by Crippen LogP contribution is -2.42. The Balaban J connectivity index is 1.83. The molecular formula is C16H17NO4. The molecule has 0 bridgehead atoms. The number of hydrogen-bond acceptors (Lipinski definition) is 4. The quantitative estimate of drug-likeness (QED) is 0.878. The van der Waals surface area contributed by atoms with Crippen LogP contribution in [-0.4, -0.2) is 24.7 Å². The minimum absolute atomic E-state index is 0.0152. The van der Waals surface area contributed by atoms with Gasteiger partial charge >= 0.3 is 5.63 Å². The van der Waals surface area contributed by atoms with Gasteiger partial charge in [0, 0.05) is 12.0 Å². The summed E-state index contributed by atoms with van der Waals surface area (Å²) in [4.78, 5) is 24.2. The van der Waals surface area contributed by atoms with Gasteiger partial charge in [0.15, 0.2) is 0 Å². The highest BCUT2D eigenvalue weighted by Gasteiger charge is 2.25. The van der Waals surface area contributed by atoms with Crippen LogP contribution in [-0.2, 0) is 4.74 Å². The fraction of sp³-hybridized carbons (Fsp3) is 0.375. The summed E-state index contributed by atoms with van der Waals surface area (Å²) < 4.78 is 10.7. The van der Waals surface area contributed by atoms with Crippen LogP contribution in [0.1, 0.15) is 30.1 Å². The van der Waals surface area contributed by atoms with Crippen LogP contribution in [0.3, 0.4) is 0 Å². The molecule has 1 aromatic heterocycles. The molecule has 1 saturated heterocycles. The molecule has 1 aliphatic heterocycles. The zero-order chi connectivity index (χ0) is 14.8. The second-order valence-electron chi connectivity index (χ2n) is 5.30. The van der Waals surface area contributed by atoms with Crippen molar-refractivity contribution in [3.8, 4) is 0 Å². The van der Waals surface area contributed by atoms with Gasteiger partial charge in [-0.15, -0.1) is 0 Å². The predicted molar refractivity (Wildman–Crippen MR) is 78.4 cm³/mol. The Kier molecular flexibility index (Phi) is 3.75. The van der Waals surface area contributed by atoms with Crippen LogP contribution in [0.15, 0.2) is 39.5 Å². The predicted octanol–water partition coefficient (Wildman–Crippen LogP) is 2.09. The standard InChI is InChI=1S/C16H17NO4/c1-10(13-7-4-8-20-13)17-15(18)12-9-11-5-2-3-6-14(11)21-16(12)19/h2-3,5-6,9-10,13H,4,7-8H2,1H3,(H,17,18)/t10-,13+/m0/s1. The molecule has 3 rings (SSSR count). The number of rotatable bonds is 3. The van der Waals surface area contributed by atoms with Gasteiger partial charge in [0.1, 0.15) is 11.1 Å². The fourth-order valence-electron chi connectivity index (χ4n) is 2.59. The summed E-state index contributed by atoms with van der Waals surface area (Å²) in [6.07, 6.45) is 1.94. The number of hydrogen-bond donors (Lipinski definition) is 1. The zero-order valence-corrected chi connectivity index (χ0v) is 11.8. The van der Waals surface area contributed by atoms with Gasteiger partial charge in [0.25, 0.3) is 5.91 Å². The largest absolute Gasteiger partial charge is 0.422 e. The molecule has 0 saturated carbocycles. The normalized spacial score (nSPS) is 19.6. The summed E-state index contributed by atoms with van der Waals surface area (Å²) in [6.45, 7) is 2.61. The van der Waals surface area contributed by atoms with E-state index in [4.69, 9.17) is 9.15 Å². The van der Waals surface area contributed by atoms with E-state index in [-0.39, 0.29) is 17.7 Å². The lowest BCUT2D eigenvalue weighted by Gasteiger charge is -2.19. The molecule has 1 amide bonds. The molecule has 5 heteroatoms. The summed E-state index contributed by atoms with van der Waals surface area (Å²) >= 11 is 0. The molecule has 2 atom stereocenters. The van der Waals surface area contributed by atoms with Gasteiger partial charge in [0.05, 0.1) is 12.1 Å². The van der Waals surface area contributed by atoms with Crippen LogP contribution in [0, 0.1) is 0 Å². The minimum atomic E-state index is -0.620. The Morgan fingerprint density at radius 3 is 2.95 bits per heavy atom. The summed E-state index contributed by atoms with van der Waals surface area (Å²) in [5, 5.41) is 3.55. The number of nitrogens with one attached hydrogen (secondary N) is 1. The van der Waals surface area contributed by atoms with E-state index in [1.165, 1.54) is 0 Å². The van der Waals surface area contributed by atoms with Crippen LogP contribution >= 0.6 is 0 Å². The van der Waals surface area contributed by atoms with E-state index in [1.807, 2.05) is 13.0 Å². The van der Waals surface area contributed by atoms with Gasteiger partial charge in [-0.3, -0.25) is 4.79 Å². The first-order valence-corrected chi connectivity index (χ1v) is 7.10. The second kappa shape index (κ2) is 5.69. The van der Waals surface area contributed by atoms with E-state index in [9.17, 15) is 9.59 Å². The molecule has 0 aliphatic carbocycles. The first-order valence-electron chi connectivity index (χ1n) is 7.10. The number of fused-ring (bicyclic) bond motifs is 1. The van der Waals surface area contributed by atoms with Crippen molar-refractivity contribution in [1.82, 2.24) is 5.32 Å². The molecule has 2 heterocycles. The van der Waals surface area contributed by atoms with Crippen molar-refractivity contribution < 1.29 is 13.9 Å². The van der Waals surface area contributed by atoms with Gasteiger partial charge in [-0.2, -0.15) is 0 Å². The summed E-state index contributed by atoms with van der Waals surface area (Å²) in [7, 11) is 0. The van der Waals surface area contributed by atoms with E-state index in [2.05, 4.69) is 5.32 Å². The third-order valence-electron chi connectivity index (χ3n) is 3.77. The number of amides is 1. The average molecular weight is 287 g/mol. The maximum atomic E-state index is 12.2. The Labute approximate surface area is 121 Å². The molecule has 5 nitrogen and oxygen atoms in total. The van der Waals surface area contributed by atoms with Crippen molar-refractivity contribution >= 4 is 16.9 Å².